The monoisotopic (exact) mass is 143 g/mol. The van der Waals surface area contributed by atoms with Crippen LogP contribution in [0.15, 0.2) is 6.20 Å². The van der Waals surface area contributed by atoms with Gasteiger partial charge < -0.3 is 4.74 Å². The second-order valence-electron chi connectivity index (χ2n) is 1.33. The Bertz CT molecular complexity index is 204. The third kappa shape index (κ3) is 1.29. The van der Waals surface area contributed by atoms with E-state index in [0.717, 1.165) is 0 Å². The SMILES string of the molecule is COc1cn[c]nc1Cl. The van der Waals surface area contributed by atoms with Gasteiger partial charge in [-0.1, -0.05) is 11.6 Å². The first kappa shape index (κ1) is 6.29. The maximum absolute atomic E-state index is 5.52. The van der Waals surface area contributed by atoms with Crippen molar-refractivity contribution in [1.29, 1.82) is 0 Å². The van der Waals surface area contributed by atoms with Crippen LogP contribution >= 0.6 is 11.6 Å². The highest BCUT2D eigenvalue weighted by atomic mass is 35.5. The van der Waals surface area contributed by atoms with Gasteiger partial charge >= 0.3 is 0 Å². The highest BCUT2D eigenvalue weighted by Crippen LogP contribution is 2.17. The summed E-state index contributed by atoms with van der Waals surface area (Å²) in [7, 11) is 1.50. The van der Waals surface area contributed by atoms with E-state index in [1.54, 1.807) is 0 Å². The van der Waals surface area contributed by atoms with Gasteiger partial charge in [-0.2, -0.15) is 0 Å². The van der Waals surface area contributed by atoms with Gasteiger partial charge in [-0.15, -0.1) is 0 Å². The molecule has 0 aliphatic rings. The third-order valence-corrected chi connectivity index (χ3v) is 1.08. The van der Waals surface area contributed by atoms with Crippen LogP contribution in [0.5, 0.6) is 5.75 Å². The molecule has 1 aromatic rings. The molecule has 0 saturated heterocycles. The van der Waals surface area contributed by atoms with Gasteiger partial charge in [-0.05, 0) is 0 Å². The molecule has 0 unspecified atom stereocenters. The maximum Gasteiger partial charge on any atom is 0.199 e. The molecule has 1 aromatic heterocycles. The lowest BCUT2D eigenvalue weighted by Gasteiger charge is -1.96. The molecule has 1 heterocycles. The zero-order valence-electron chi connectivity index (χ0n) is 4.76. The number of methoxy groups -OCH3 is 1. The van der Waals surface area contributed by atoms with E-state index < -0.39 is 0 Å². The average molecular weight is 144 g/mol. The van der Waals surface area contributed by atoms with Gasteiger partial charge in [-0.3, -0.25) is 0 Å². The Kier molecular flexibility index (Phi) is 1.85. The molecule has 0 amide bonds. The minimum Gasteiger partial charge on any atom is -0.492 e. The molecule has 0 bridgehead atoms. The van der Waals surface area contributed by atoms with Crippen LogP contribution in [0, 0.1) is 6.33 Å². The molecular formula is C5H4ClN2O. The Hall–Kier alpha value is -0.830. The standard InChI is InChI=1S/C5H4ClN2O/c1-9-4-2-7-3-8-5(4)6/h2H,1H3. The van der Waals surface area contributed by atoms with Gasteiger partial charge in [-0.25, -0.2) is 9.97 Å². The summed E-state index contributed by atoms with van der Waals surface area (Å²) in [6.45, 7) is 0. The number of halogens is 1. The van der Waals surface area contributed by atoms with Crippen molar-refractivity contribution in [2.24, 2.45) is 0 Å². The van der Waals surface area contributed by atoms with Crippen LogP contribution in [0.1, 0.15) is 0 Å². The molecule has 0 atom stereocenters. The van der Waals surface area contributed by atoms with Crippen LogP contribution in [0.25, 0.3) is 0 Å². The van der Waals surface area contributed by atoms with E-state index in [1.165, 1.54) is 13.3 Å². The van der Waals surface area contributed by atoms with E-state index in [2.05, 4.69) is 16.3 Å². The summed E-state index contributed by atoms with van der Waals surface area (Å²) in [5.74, 6) is 0.468. The van der Waals surface area contributed by atoms with Crippen molar-refractivity contribution in [3.8, 4) is 5.75 Å². The second-order valence-corrected chi connectivity index (χ2v) is 1.69. The summed E-state index contributed by atoms with van der Waals surface area (Å²) in [5, 5.41) is 0.285. The number of aromatic nitrogens is 2. The van der Waals surface area contributed by atoms with Gasteiger partial charge in [0.25, 0.3) is 0 Å². The van der Waals surface area contributed by atoms with E-state index in [4.69, 9.17) is 16.3 Å². The van der Waals surface area contributed by atoms with Gasteiger partial charge in [0.15, 0.2) is 17.2 Å². The molecule has 0 spiro atoms. The molecule has 0 fully saturated rings. The Balaban J connectivity index is 3.01. The van der Waals surface area contributed by atoms with Crippen molar-refractivity contribution in [1.82, 2.24) is 9.97 Å². The predicted molar refractivity (Wildman–Crippen MR) is 32.4 cm³/mol. The Labute approximate surface area is 57.7 Å². The summed E-state index contributed by atoms with van der Waals surface area (Å²) in [6.07, 6.45) is 3.78. The number of rotatable bonds is 1. The van der Waals surface area contributed by atoms with Crippen molar-refractivity contribution < 1.29 is 4.74 Å². The molecular weight excluding hydrogens is 140 g/mol. The zero-order chi connectivity index (χ0) is 6.69. The van der Waals surface area contributed by atoms with Gasteiger partial charge in [0.2, 0.25) is 0 Å². The van der Waals surface area contributed by atoms with Crippen molar-refractivity contribution in [2.45, 2.75) is 0 Å². The first-order chi connectivity index (χ1) is 4.34. The number of hydrogen-bond acceptors (Lipinski definition) is 3. The number of nitrogens with zero attached hydrogens (tertiary/aromatic N) is 2. The topological polar surface area (TPSA) is 35.0 Å². The van der Waals surface area contributed by atoms with E-state index >= 15 is 0 Å². The highest BCUT2D eigenvalue weighted by molar-refractivity contribution is 6.30. The molecule has 9 heavy (non-hydrogen) atoms. The van der Waals surface area contributed by atoms with E-state index in [1.807, 2.05) is 0 Å². The van der Waals surface area contributed by atoms with Crippen molar-refractivity contribution >= 4 is 11.6 Å². The maximum atomic E-state index is 5.52. The Morgan fingerprint density at radius 1 is 1.78 bits per heavy atom. The smallest absolute Gasteiger partial charge is 0.199 e. The fourth-order valence-corrected chi connectivity index (χ4v) is 0.569. The molecule has 0 N–H and O–H groups in total. The van der Waals surface area contributed by atoms with Crippen LogP contribution in [-0.2, 0) is 0 Å². The van der Waals surface area contributed by atoms with Crippen LogP contribution in [0.3, 0.4) is 0 Å². The first-order valence-corrected chi connectivity index (χ1v) is 2.65. The summed E-state index contributed by atoms with van der Waals surface area (Å²) < 4.78 is 4.77. The lowest BCUT2D eigenvalue weighted by Crippen LogP contribution is -1.87. The van der Waals surface area contributed by atoms with Gasteiger partial charge in [0, 0.05) is 0 Å². The number of hydrogen-bond donors (Lipinski definition) is 0. The summed E-state index contributed by atoms with van der Waals surface area (Å²) in [4.78, 5) is 7.13. The Morgan fingerprint density at radius 2 is 2.56 bits per heavy atom. The summed E-state index contributed by atoms with van der Waals surface area (Å²) in [5.41, 5.74) is 0. The van der Waals surface area contributed by atoms with Crippen molar-refractivity contribution in [3.63, 3.8) is 0 Å². The van der Waals surface area contributed by atoms with Crippen LogP contribution in [0.4, 0.5) is 0 Å². The van der Waals surface area contributed by atoms with Crippen molar-refractivity contribution in [2.75, 3.05) is 7.11 Å². The summed E-state index contributed by atoms with van der Waals surface area (Å²) >= 11 is 5.52. The van der Waals surface area contributed by atoms with Crippen LogP contribution < -0.4 is 4.74 Å². The van der Waals surface area contributed by atoms with Gasteiger partial charge in [0.1, 0.15) is 0 Å². The predicted octanol–water partition coefficient (Wildman–Crippen LogP) is 0.939. The quantitative estimate of drug-likeness (QED) is 0.549. The number of ether oxygens (including phenoxy) is 1. The Morgan fingerprint density at radius 3 is 3.00 bits per heavy atom. The molecule has 0 aliphatic heterocycles. The lowest BCUT2D eigenvalue weighted by atomic mass is 10.6. The van der Waals surface area contributed by atoms with Crippen LogP contribution in [-0.4, -0.2) is 17.1 Å². The summed E-state index contributed by atoms with van der Waals surface area (Å²) in [6, 6.07) is 0. The highest BCUT2D eigenvalue weighted by Gasteiger charge is 1.97. The van der Waals surface area contributed by atoms with Gasteiger partial charge in [0.05, 0.1) is 13.3 Å². The lowest BCUT2D eigenvalue weighted by molar-refractivity contribution is 0.411. The third-order valence-electron chi connectivity index (χ3n) is 0.811. The minimum absolute atomic E-state index is 0.285. The first-order valence-electron chi connectivity index (χ1n) is 2.27. The second kappa shape index (κ2) is 2.64. The molecule has 0 aliphatic carbocycles. The molecule has 0 aromatic carbocycles. The largest absolute Gasteiger partial charge is 0.492 e. The molecule has 0 saturated carbocycles. The van der Waals surface area contributed by atoms with E-state index in [9.17, 15) is 0 Å². The fourth-order valence-electron chi connectivity index (χ4n) is 0.406. The minimum atomic E-state index is 0.285. The molecule has 1 radical (unpaired) electrons. The fraction of sp³-hybridized carbons (Fsp3) is 0.200. The van der Waals surface area contributed by atoms with E-state index in [-0.39, 0.29) is 5.15 Å². The van der Waals surface area contributed by atoms with E-state index in [0.29, 0.717) is 5.75 Å². The molecule has 4 heteroatoms. The van der Waals surface area contributed by atoms with Crippen LogP contribution in [0.2, 0.25) is 5.15 Å². The normalized spacial score (nSPS) is 9.11. The zero-order valence-corrected chi connectivity index (χ0v) is 5.51. The average Bonchev–Trinajstić information content (AvgIpc) is 1.89. The van der Waals surface area contributed by atoms with Crippen molar-refractivity contribution in [3.05, 3.63) is 17.7 Å². The molecule has 3 nitrogen and oxygen atoms in total. The molecule has 1 rings (SSSR count). The molecule has 47 valence electrons.